The average Bonchev–Trinajstić information content (AvgIpc) is 3.38. The molecule has 2 amide bonds. The molecule has 2 aromatic carbocycles. The van der Waals surface area contributed by atoms with E-state index in [-0.39, 0.29) is 29.7 Å². The minimum atomic E-state index is -1.03. The number of carbonyl (C=O) groups excluding carboxylic acids is 2. The lowest BCUT2D eigenvalue weighted by Crippen LogP contribution is -2.56. The number of thioether (sulfide) groups is 1. The highest BCUT2D eigenvalue weighted by Gasteiger charge is 2.43. The van der Waals surface area contributed by atoms with Gasteiger partial charge in [-0.25, -0.2) is 9.59 Å². The van der Waals surface area contributed by atoms with Crippen LogP contribution in [0.1, 0.15) is 44.2 Å². The number of amides is 2. The Balaban J connectivity index is 1.47. The van der Waals surface area contributed by atoms with Crippen molar-refractivity contribution in [1.29, 1.82) is 0 Å². The van der Waals surface area contributed by atoms with E-state index in [1.807, 2.05) is 57.2 Å². The number of carboxylic acid groups (broad SMARTS) is 1. The zero-order chi connectivity index (χ0) is 24.4. The van der Waals surface area contributed by atoms with Gasteiger partial charge in [0.15, 0.2) is 0 Å². The van der Waals surface area contributed by atoms with Crippen molar-refractivity contribution in [3.63, 3.8) is 0 Å². The highest BCUT2D eigenvalue weighted by Crippen LogP contribution is 2.44. The van der Waals surface area contributed by atoms with E-state index in [2.05, 4.69) is 17.4 Å². The number of benzene rings is 2. The number of carbonyl (C=O) groups is 3. The van der Waals surface area contributed by atoms with E-state index in [1.165, 1.54) is 16.7 Å². The summed E-state index contributed by atoms with van der Waals surface area (Å²) in [6.45, 7) is 5.76. The van der Waals surface area contributed by atoms with Gasteiger partial charge in [0.25, 0.3) is 0 Å². The van der Waals surface area contributed by atoms with Crippen molar-refractivity contribution in [2.24, 2.45) is 5.92 Å². The predicted octanol–water partition coefficient (Wildman–Crippen LogP) is 4.31. The molecule has 1 heterocycles. The molecule has 180 valence electrons. The molecule has 0 bridgehead atoms. The Labute approximate surface area is 203 Å². The van der Waals surface area contributed by atoms with Crippen LogP contribution in [-0.4, -0.2) is 57.8 Å². The quantitative estimate of drug-likeness (QED) is 0.610. The van der Waals surface area contributed by atoms with Gasteiger partial charge in [-0.15, -0.1) is 11.8 Å². The molecule has 34 heavy (non-hydrogen) atoms. The van der Waals surface area contributed by atoms with Crippen molar-refractivity contribution in [2.45, 2.75) is 50.6 Å². The monoisotopic (exact) mass is 482 g/mol. The number of hydrogen-bond donors (Lipinski definition) is 2. The summed E-state index contributed by atoms with van der Waals surface area (Å²) in [4.78, 5) is 39.3. The van der Waals surface area contributed by atoms with Crippen molar-refractivity contribution in [2.75, 3.05) is 12.4 Å². The molecule has 0 spiro atoms. The Hall–Kier alpha value is -3.00. The van der Waals surface area contributed by atoms with Gasteiger partial charge in [-0.2, -0.15) is 0 Å². The van der Waals surface area contributed by atoms with Crippen molar-refractivity contribution < 1.29 is 24.2 Å². The fourth-order valence-corrected chi connectivity index (χ4v) is 5.95. The maximum Gasteiger partial charge on any atom is 0.407 e. The second kappa shape index (κ2) is 10.1. The van der Waals surface area contributed by atoms with Crippen LogP contribution in [0.25, 0.3) is 11.1 Å². The number of ether oxygens (including phenoxy) is 1. The van der Waals surface area contributed by atoms with Crippen LogP contribution in [0.2, 0.25) is 0 Å². The number of hydrogen-bond acceptors (Lipinski definition) is 5. The van der Waals surface area contributed by atoms with Gasteiger partial charge in [-0.1, -0.05) is 68.8 Å². The van der Waals surface area contributed by atoms with E-state index < -0.39 is 24.1 Å². The Kier molecular flexibility index (Phi) is 7.16. The molecule has 1 aliphatic carbocycles. The Morgan fingerprint density at radius 1 is 1.12 bits per heavy atom. The van der Waals surface area contributed by atoms with E-state index in [1.54, 1.807) is 0 Å². The molecule has 0 saturated carbocycles. The van der Waals surface area contributed by atoms with Gasteiger partial charge in [0.05, 0.1) is 5.37 Å². The molecular formula is C26H30N2O5S. The number of aliphatic carboxylic acids is 1. The van der Waals surface area contributed by atoms with E-state index in [4.69, 9.17) is 4.74 Å². The van der Waals surface area contributed by atoms with Crippen molar-refractivity contribution in [3.05, 3.63) is 59.7 Å². The first-order chi connectivity index (χ1) is 16.3. The van der Waals surface area contributed by atoms with Crippen LogP contribution in [0.15, 0.2) is 48.5 Å². The second-order valence-corrected chi connectivity index (χ2v) is 10.2. The number of alkyl carbamates (subject to hydrolysis) is 1. The molecule has 2 aromatic rings. The summed E-state index contributed by atoms with van der Waals surface area (Å²) in [7, 11) is 0. The molecule has 7 nitrogen and oxygen atoms in total. The summed E-state index contributed by atoms with van der Waals surface area (Å²) in [5.74, 6) is -1.34. The molecule has 0 aromatic heterocycles. The number of rotatable bonds is 7. The van der Waals surface area contributed by atoms with Gasteiger partial charge in [0, 0.05) is 11.7 Å². The third-order valence-electron chi connectivity index (χ3n) is 6.86. The lowest BCUT2D eigenvalue weighted by Gasteiger charge is -2.32. The van der Waals surface area contributed by atoms with Crippen LogP contribution in [0.4, 0.5) is 4.79 Å². The van der Waals surface area contributed by atoms with Crippen molar-refractivity contribution in [3.8, 4) is 11.1 Å². The van der Waals surface area contributed by atoms with Gasteiger partial charge < -0.3 is 20.1 Å². The van der Waals surface area contributed by atoms with Gasteiger partial charge in [-0.3, -0.25) is 4.79 Å². The number of fused-ring (bicyclic) bond motifs is 3. The second-order valence-electron chi connectivity index (χ2n) is 8.87. The smallest absolute Gasteiger partial charge is 0.407 e. The van der Waals surface area contributed by atoms with Crippen LogP contribution in [0, 0.1) is 5.92 Å². The lowest BCUT2D eigenvalue weighted by molar-refractivity contribution is -0.150. The zero-order valence-corrected chi connectivity index (χ0v) is 20.4. The standard InChI is InChI=1S/C26H30N2O5S/c1-4-15(2)23(24(29)28-16(3)34-14-22(28)25(30)31)27-26(32)33-13-21-19-11-7-5-9-17(19)18-10-6-8-12-20(18)21/h5-12,15-16,21-23H,4,13-14H2,1-3H3,(H,27,32)(H,30,31). The number of carboxylic acids is 1. The van der Waals surface area contributed by atoms with Crippen molar-refractivity contribution >= 4 is 29.7 Å². The van der Waals surface area contributed by atoms with E-state index in [9.17, 15) is 19.5 Å². The molecule has 4 unspecified atom stereocenters. The molecule has 1 aliphatic heterocycles. The van der Waals surface area contributed by atoms with Crippen molar-refractivity contribution in [1.82, 2.24) is 10.2 Å². The fraction of sp³-hybridized carbons (Fsp3) is 0.423. The zero-order valence-electron chi connectivity index (χ0n) is 19.6. The SMILES string of the molecule is CCC(C)C(NC(=O)OCC1c2ccccc2-c2ccccc21)C(=O)N1C(C)SCC1C(=O)O. The summed E-state index contributed by atoms with van der Waals surface area (Å²) in [5.41, 5.74) is 4.50. The summed E-state index contributed by atoms with van der Waals surface area (Å²) in [6.07, 6.45) is -0.0282. The van der Waals surface area contributed by atoms with Crippen LogP contribution in [-0.2, 0) is 14.3 Å². The first kappa shape index (κ1) is 24.1. The molecule has 0 radical (unpaired) electrons. The largest absolute Gasteiger partial charge is 0.480 e. The molecule has 2 aliphatic rings. The molecule has 1 saturated heterocycles. The first-order valence-electron chi connectivity index (χ1n) is 11.6. The van der Waals surface area contributed by atoms with E-state index >= 15 is 0 Å². The number of nitrogens with one attached hydrogen (secondary N) is 1. The van der Waals surface area contributed by atoms with Gasteiger partial charge in [0.2, 0.25) is 5.91 Å². The normalized spacial score (nSPS) is 20.9. The summed E-state index contributed by atoms with van der Waals surface area (Å²) in [6, 6.07) is 14.4. The van der Waals surface area contributed by atoms with Gasteiger partial charge in [-0.05, 0) is 35.1 Å². The molecular weight excluding hydrogens is 452 g/mol. The fourth-order valence-electron chi connectivity index (χ4n) is 4.78. The van der Waals surface area contributed by atoms with Crippen LogP contribution in [0.3, 0.4) is 0 Å². The van der Waals surface area contributed by atoms with E-state index in [0.29, 0.717) is 12.2 Å². The molecule has 4 atom stereocenters. The minimum Gasteiger partial charge on any atom is -0.480 e. The summed E-state index contributed by atoms with van der Waals surface area (Å²) < 4.78 is 5.64. The Bertz CT molecular complexity index is 1040. The van der Waals surface area contributed by atoms with E-state index in [0.717, 1.165) is 22.3 Å². The summed E-state index contributed by atoms with van der Waals surface area (Å²) >= 11 is 1.42. The maximum atomic E-state index is 13.4. The minimum absolute atomic E-state index is 0.0812. The molecule has 1 fully saturated rings. The highest BCUT2D eigenvalue weighted by molar-refractivity contribution is 8.00. The van der Waals surface area contributed by atoms with Crippen LogP contribution >= 0.6 is 11.8 Å². The highest BCUT2D eigenvalue weighted by atomic mass is 32.2. The predicted molar refractivity (Wildman–Crippen MR) is 132 cm³/mol. The Morgan fingerprint density at radius 2 is 1.71 bits per heavy atom. The molecule has 8 heteroatoms. The lowest BCUT2D eigenvalue weighted by atomic mass is 9.97. The number of nitrogens with zero attached hydrogens (tertiary/aromatic N) is 1. The third kappa shape index (κ3) is 4.51. The molecule has 4 rings (SSSR count). The van der Waals surface area contributed by atoms with Gasteiger partial charge in [0.1, 0.15) is 18.7 Å². The average molecular weight is 483 g/mol. The van der Waals surface area contributed by atoms with Gasteiger partial charge >= 0.3 is 12.1 Å². The summed E-state index contributed by atoms with van der Waals surface area (Å²) in [5, 5.41) is 12.0. The Morgan fingerprint density at radius 3 is 2.26 bits per heavy atom. The first-order valence-corrected chi connectivity index (χ1v) is 12.7. The third-order valence-corrected chi connectivity index (χ3v) is 8.08. The van der Waals surface area contributed by atoms with Crippen LogP contribution < -0.4 is 5.32 Å². The van der Waals surface area contributed by atoms with Crippen LogP contribution in [0.5, 0.6) is 0 Å². The topological polar surface area (TPSA) is 95.9 Å². The maximum absolute atomic E-state index is 13.4. The molecule has 2 N–H and O–H groups in total.